The number of carbonyl (C=O) groups excluding carboxylic acids is 2. The lowest BCUT2D eigenvalue weighted by molar-refractivity contribution is 0.0508. The minimum atomic E-state index is -1.22. The van der Waals surface area contributed by atoms with Gasteiger partial charge in [0, 0.05) is 31.6 Å². The molecule has 0 saturated carbocycles. The van der Waals surface area contributed by atoms with Gasteiger partial charge in [-0.3, -0.25) is 9.59 Å². The summed E-state index contributed by atoms with van der Waals surface area (Å²) < 4.78 is 22.3. The second kappa shape index (κ2) is 10.3. The maximum absolute atomic E-state index is 13.9. The van der Waals surface area contributed by atoms with Gasteiger partial charge < -0.3 is 18.9 Å². The normalized spacial score (nSPS) is 23.1. The molecule has 3 rings (SSSR count). The van der Waals surface area contributed by atoms with Gasteiger partial charge in [0.15, 0.2) is 23.8 Å². The van der Waals surface area contributed by atoms with Crippen molar-refractivity contribution in [2.45, 2.75) is 71.5 Å². The molecule has 0 bridgehead atoms. The van der Waals surface area contributed by atoms with Crippen LogP contribution >= 0.6 is 0 Å². The summed E-state index contributed by atoms with van der Waals surface area (Å²) in [5, 5.41) is 0. The maximum atomic E-state index is 13.9. The van der Waals surface area contributed by atoms with Crippen molar-refractivity contribution in [2.75, 3.05) is 21.0 Å². The fourth-order valence-corrected chi connectivity index (χ4v) is 4.48. The Morgan fingerprint density at radius 3 is 2.18 bits per heavy atom. The van der Waals surface area contributed by atoms with Crippen molar-refractivity contribution in [3.8, 4) is 11.5 Å². The number of hydrogen-bond donors (Lipinski definition) is 0. The van der Waals surface area contributed by atoms with Crippen molar-refractivity contribution in [1.82, 2.24) is 0 Å². The molecule has 1 aromatic carbocycles. The van der Waals surface area contributed by atoms with Crippen LogP contribution in [0, 0.1) is 0 Å². The molecule has 0 N–H and O–H groups in total. The standard InChI is InChI=1S/C28H36O6/c1-18(2)9-8-10-20(5)12-14-27-25(29)22-15-21(33-17-31-6)16-23(32-7)24(22)26(30)28(27,34-27)13-11-19(3)4/h9,11-12,15-16H,8,10,13-14,17H2,1-7H3/b20-12+. The quantitative estimate of drug-likeness (QED) is 0.225. The Labute approximate surface area is 202 Å². The molecule has 0 amide bonds. The predicted octanol–water partition coefficient (Wildman–Crippen LogP) is 6.00. The van der Waals surface area contributed by atoms with E-state index in [2.05, 4.69) is 26.8 Å². The van der Waals surface area contributed by atoms with Crippen LogP contribution in [0.2, 0.25) is 0 Å². The predicted molar refractivity (Wildman–Crippen MR) is 132 cm³/mol. The molecule has 0 spiro atoms. The van der Waals surface area contributed by atoms with Gasteiger partial charge in [-0.05, 0) is 53.5 Å². The van der Waals surface area contributed by atoms with Crippen LogP contribution in [0.15, 0.2) is 47.1 Å². The largest absolute Gasteiger partial charge is 0.496 e. The molecule has 1 saturated heterocycles. The maximum Gasteiger partial charge on any atom is 0.202 e. The van der Waals surface area contributed by atoms with Crippen LogP contribution in [0.4, 0.5) is 0 Å². The van der Waals surface area contributed by atoms with Gasteiger partial charge in [-0.25, -0.2) is 0 Å². The summed E-state index contributed by atoms with van der Waals surface area (Å²) in [5.41, 5.74) is 1.61. The summed E-state index contributed by atoms with van der Waals surface area (Å²) in [5.74, 6) is 0.278. The van der Waals surface area contributed by atoms with Gasteiger partial charge in [-0.15, -0.1) is 0 Å². The molecule has 1 aromatic rings. The van der Waals surface area contributed by atoms with Gasteiger partial charge in [0.05, 0.1) is 12.7 Å². The number of epoxide rings is 1. The topological polar surface area (TPSA) is 74.4 Å². The molecule has 34 heavy (non-hydrogen) atoms. The van der Waals surface area contributed by atoms with Crippen molar-refractivity contribution < 1.29 is 28.5 Å². The summed E-state index contributed by atoms with van der Waals surface area (Å²) in [6.45, 7) is 10.2. The summed E-state index contributed by atoms with van der Waals surface area (Å²) in [7, 11) is 2.99. The highest BCUT2D eigenvalue weighted by Crippen LogP contribution is 2.61. The number of benzene rings is 1. The molecular formula is C28H36O6. The van der Waals surface area contributed by atoms with E-state index in [4.69, 9.17) is 18.9 Å². The molecule has 1 aliphatic heterocycles. The van der Waals surface area contributed by atoms with Gasteiger partial charge in [-0.2, -0.15) is 0 Å². The van der Waals surface area contributed by atoms with Crippen LogP contribution in [0.1, 0.15) is 81.0 Å². The molecule has 1 aliphatic carbocycles. The van der Waals surface area contributed by atoms with Crippen LogP contribution in [0.3, 0.4) is 0 Å². The highest BCUT2D eigenvalue weighted by atomic mass is 16.7. The summed E-state index contributed by atoms with van der Waals surface area (Å²) >= 11 is 0. The van der Waals surface area contributed by atoms with Crippen LogP contribution in [-0.2, 0) is 9.47 Å². The summed E-state index contributed by atoms with van der Waals surface area (Å²) in [4.78, 5) is 27.8. The van der Waals surface area contributed by atoms with Gasteiger partial charge in [0.25, 0.3) is 0 Å². The first-order valence-electron chi connectivity index (χ1n) is 11.7. The molecular weight excluding hydrogens is 432 g/mol. The van der Waals surface area contributed by atoms with Crippen LogP contribution in [0.25, 0.3) is 0 Å². The van der Waals surface area contributed by atoms with Gasteiger partial charge >= 0.3 is 0 Å². The lowest BCUT2D eigenvalue weighted by atomic mass is 9.70. The molecule has 0 aromatic heterocycles. The lowest BCUT2D eigenvalue weighted by Gasteiger charge is -2.26. The van der Waals surface area contributed by atoms with E-state index < -0.39 is 11.2 Å². The van der Waals surface area contributed by atoms with Crippen molar-refractivity contribution in [1.29, 1.82) is 0 Å². The Bertz CT molecular complexity index is 1050. The lowest BCUT2D eigenvalue weighted by Crippen LogP contribution is -2.45. The van der Waals surface area contributed by atoms with Crippen molar-refractivity contribution >= 4 is 11.6 Å². The number of allylic oxidation sites excluding steroid dienone is 4. The SMILES string of the molecule is COCOc1cc(OC)c2c(c1)C(=O)C1(C/C=C(\C)CCC=C(C)C)OC1(CC=C(C)C)C2=O. The highest BCUT2D eigenvalue weighted by Gasteiger charge is 2.79. The number of fused-ring (bicyclic) bond motifs is 2. The van der Waals surface area contributed by atoms with Crippen LogP contribution < -0.4 is 9.47 Å². The number of ether oxygens (including phenoxy) is 4. The number of methoxy groups -OCH3 is 2. The van der Waals surface area contributed by atoms with E-state index in [0.29, 0.717) is 24.3 Å². The second-order valence-electron chi connectivity index (χ2n) is 9.57. The molecule has 2 aliphatic rings. The second-order valence-corrected chi connectivity index (χ2v) is 9.57. The molecule has 2 atom stereocenters. The van der Waals surface area contributed by atoms with Crippen LogP contribution in [-0.4, -0.2) is 43.8 Å². The van der Waals surface area contributed by atoms with Crippen molar-refractivity contribution in [3.63, 3.8) is 0 Å². The third-order valence-electron chi connectivity index (χ3n) is 6.43. The van der Waals surface area contributed by atoms with E-state index in [1.807, 2.05) is 26.0 Å². The average Bonchev–Trinajstić information content (AvgIpc) is 3.48. The van der Waals surface area contributed by atoms with E-state index in [9.17, 15) is 9.59 Å². The average molecular weight is 469 g/mol. The number of carbonyl (C=O) groups is 2. The fourth-order valence-electron chi connectivity index (χ4n) is 4.48. The third-order valence-corrected chi connectivity index (χ3v) is 6.43. The molecule has 2 unspecified atom stereocenters. The fraction of sp³-hybridized carbons (Fsp3) is 0.500. The molecule has 6 heteroatoms. The van der Waals surface area contributed by atoms with E-state index >= 15 is 0 Å². The smallest absolute Gasteiger partial charge is 0.202 e. The number of rotatable bonds is 11. The Balaban J connectivity index is 2.03. The first kappa shape index (κ1) is 25.9. The minimum absolute atomic E-state index is 0.0177. The van der Waals surface area contributed by atoms with Crippen LogP contribution in [0.5, 0.6) is 11.5 Å². The Morgan fingerprint density at radius 2 is 1.56 bits per heavy atom. The van der Waals surface area contributed by atoms with Gasteiger partial charge in [-0.1, -0.05) is 34.9 Å². The zero-order valence-electron chi connectivity index (χ0n) is 21.4. The monoisotopic (exact) mass is 468 g/mol. The summed E-state index contributed by atoms with van der Waals surface area (Å²) in [6.07, 6.45) is 8.72. The number of ketones is 2. The van der Waals surface area contributed by atoms with Gasteiger partial charge in [0.1, 0.15) is 11.5 Å². The van der Waals surface area contributed by atoms with E-state index in [-0.39, 0.29) is 29.5 Å². The zero-order chi connectivity index (χ0) is 25.1. The van der Waals surface area contributed by atoms with E-state index in [0.717, 1.165) is 18.4 Å². The van der Waals surface area contributed by atoms with E-state index in [1.54, 1.807) is 12.1 Å². The van der Waals surface area contributed by atoms with Crippen molar-refractivity contribution in [2.24, 2.45) is 0 Å². The number of Topliss-reactive ketones (excluding diaryl/α,β-unsaturated/α-hetero) is 2. The third kappa shape index (κ3) is 4.75. The Morgan fingerprint density at radius 1 is 0.912 bits per heavy atom. The Kier molecular flexibility index (Phi) is 7.84. The Hall–Kier alpha value is -2.70. The highest BCUT2D eigenvalue weighted by molar-refractivity contribution is 6.26. The molecule has 6 nitrogen and oxygen atoms in total. The van der Waals surface area contributed by atoms with E-state index in [1.165, 1.54) is 25.4 Å². The molecule has 184 valence electrons. The first-order chi connectivity index (χ1) is 16.1. The molecule has 0 radical (unpaired) electrons. The zero-order valence-corrected chi connectivity index (χ0v) is 21.4. The molecule has 1 heterocycles. The number of hydrogen-bond acceptors (Lipinski definition) is 6. The first-order valence-corrected chi connectivity index (χ1v) is 11.7. The minimum Gasteiger partial charge on any atom is -0.496 e. The van der Waals surface area contributed by atoms with Crippen molar-refractivity contribution in [3.05, 3.63) is 58.2 Å². The summed E-state index contributed by atoms with van der Waals surface area (Å²) in [6, 6.07) is 3.21. The van der Waals surface area contributed by atoms with Gasteiger partial charge in [0.2, 0.25) is 5.78 Å². The molecule has 1 fully saturated rings.